The van der Waals surface area contributed by atoms with Gasteiger partial charge in [0.2, 0.25) is 0 Å². The molecule has 0 fully saturated rings. The second kappa shape index (κ2) is 10.5. The second-order valence-electron chi connectivity index (χ2n) is 7.46. The standard InChI is InChI=1S/C26H28N4O3/c1-6-8-11-17(7-2)25-29-21-15-22(32-5)23(33-16(3)4)14-19(21)26(30-25)28-20-13-10-9-12-18(20)24(27)31/h6-16H,1H2,2-5H3,(H2,27,31)(H,28,29,30)/b11-8-,17-7+. The summed E-state index contributed by atoms with van der Waals surface area (Å²) >= 11 is 0. The van der Waals surface area contributed by atoms with Crippen molar-refractivity contribution in [2.75, 3.05) is 12.4 Å². The van der Waals surface area contributed by atoms with Crippen molar-refractivity contribution in [1.29, 1.82) is 0 Å². The summed E-state index contributed by atoms with van der Waals surface area (Å²) in [4.78, 5) is 21.5. The van der Waals surface area contributed by atoms with Crippen LogP contribution in [-0.4, -0.2) is 29.1 Å². The number of nitrogens with one attached hydrogen (secondary N) is 1. The molecule has 0 saturated heterocycles. The smallest absolute Gasteiger partial charge is 0.250 e. The van der Waals surface area contributed by atoms with Crippen LogP contribution in [0.5, 0.6) is 11.5 Å². The molecule has 1 heterocycles. The first-order chi connectivity index (χ1) is 15.9. The number of allylic oxidation sites excluding steroid dienone is 5. The molecule has 0 aliphatic rings. The van der Waals surface area contributed by atoms with E-state index in [2.05, 4.69) is 11.9 Å². The molecule has 0 atom stereocenters. The van der Waals surface area contributed by atoms with Crippen LogP contribution in [0.4, 0.5) is 11.5 Å². The van der Waals surface area contributed by atoms with Crippen LogP contribution >= 0.6 is 0 Å². The minimum absolute atomic E-state index is 0.0535. The number of fused-ring (bicyclic) bond motifs is 1. The Morgan fingerprint density at radius 1 is 1.18 bits per heavy atom. The van der Waals surface area contributed by atoms with E-state index in [9.17, 15) is 4.79 Å². The summed E-state index contributed by atoms with van der Waals surface area (Å²) in [5.74, 6) is 1.60. The fraction of sp³-hybridized carbons (Fsp3) is 0.192. The SMILES string of the molecule is C=C/C=C\C(=C/C)c1nc(Nc2ccccc2C(N)=O)c2cc(OC(C)C)c(OC)cc2n1. The number of anilines is 2. The Balaban J connectivity index is 2.28. The molecule has 1 amide bonds. The van der Waals surface area contributed by atoms with E-state index in [-0.39, 0.29) is 6.10 Å². The van der Waals surface area contributed by atoms with Gasteiger partial charge in [-0.3, -0.25) is 4.79 Å². The van der Waals surface area contributed by atoms with E-state index in [1.807, 2.05) is 57.2 Å². The molecule has 2 aromatic carbocycles. The quantitative estimate of drug-likeness (QED) is 0.428. The zero-order valence-corrected chi connectivity index (χ0v) is 19.3. The van der Waals surface area contributed by atoms with Crippen molar-refractivity contribution in [1.82, 2.24) is 9.97 Å². The van der Waals surface area contributed by atoms with Crippen molar-refractivity contribution in [2.45, 2.75) is 26.9 Å². The predicted molar refractivity (Wildman–Crippen MR) is 133 cm³/mol. The zero-order chi connectivity index (χ0) is 24.0. The molecule has 7 nitrogen and oxygen atoms in total. The molecular formula is C26H28N4O3. The molecule has 1 aromatic heterocycles. The van der Waals surface area contributed by atoms with Crippen molar-refractivity contribution in [2.24, 2.45) is 5.73 Å². The molecular weight excluding hydrogens is 416 g/mol. The maximum absolute atomic E-state index is 12.0. The van der Waals surface area contributed by atoms with Crippen LogP contribution in [0.3, 0.4) is 0 Å². The Labute approximate surface area is 193 Å². The number of ether oxygens (including phenoxy) is 2. The highest BCUT2D eigenvalue weighted by Gasteiger charge is 2.17. The van der Waals surface area contributed by atoms with Crippen LogP contribution in [0.1, 0.15) is 37.0 Å². The highest BCUT2D eigenvalue weighted by atomic mass is 16.5. The molecule has 0 aliphatic heterocycles. The highest BCUT2D eigenvalue weighted by Crippen LogP contribution is 2.36. The van der Waals surface area contributed by atoms with Gasteiger partial charge in [0.1, 0.15) is 5.82 Å². The minimum atomic E-state index is -0.537. The number of primary amides is 1. The Hall–Kier alpha value is -4.13. The number of carbonyl (C=O) groups is 1. The molecule has 170 valence electrons. The lowest BCUT2D eigenvalue weighted by Crippen LogP contribution is -2.13. The van der Waals surface area contributed by atoms with Crippen LogP contribution < -0.4 is 20.5 Å². The third-order valence-electron chi connectivity index (χ3n) is 4.77. The van der Waals surface area contributed by atoms with Crippen LogP contribution in [0.25, 0.3) is 16.5 Å². The highest BCUT2D eigenvalue weighted by molar-refractivity contribution is 6.01. The molecule has 0 saturated carbocycles. The summed E-state index contributed by atoms with van der Waals surface area (Å²) in [5.41, 5.74) is 7.94. The van der Waals surface area contributed by atoms with Crippen LogP contribution in [-0.2, 0) is 0 Å². The number of benzene rings is 2. The maximum Gasteiger partial charge on any atom is 0.250 e. The number of amides is 1. The minimum Gasteiger partial charge on any atom is -0.493 e. The van der Waals surface area contributed by atoms with Gasteiger partial charge in [0.15, 0.2) is 17.3 Å². The number of nitrogens with two attached hydrogens (primary N) is 1. The van der Waals surface area contributed by atoms with Gasteiger partial charge >= 0.3 is 0 Å². The van der Waals surface area contributed by atoms with Gasteiger partial charge in [0.25, 0.3) is 5.91 Å². The third kappa shape index (κ3) is 5.38. The number of rotatable bonds is 9. The largest absolute Gasteiger partial charge is 0.493 e. The second-order valence-corrected chi connectivity index (χ2v) is 7.46. The number of methoxy groups -OCH3 is 1. The molecule has 7 heteroatoms. The van der Waals surface area contributed by atoms with E-state index in [0.29, 0.717) is 45.3 Å². The summed E-state index contributed by atoms with van der Waals surface area (Å²) < 4.78 is 11.5. The predicted octanol–water partition coefficient (Wildman–Crippen LogP) is 5.41. The van der Waals surface area contributed by atoms with Gasteiger partial charge in [0.05, 0.1) is 30.0 Å². The van der Waals surface area contributed by atoms with E-state index < -0.39 is 5.91 Å². The molecule has 0 aliphatic carbocycles. The van der Waals surface area contributed by atoms with Crippen molar-refractivity contribution in [3.05, 3.63) is 78.7 Å². The fourth-order valence-corrected chi connectivity index (χ4v) is 3.27. The van der Waals surface area contributed by atoms with Crippen molar-refractivity contribution in [3.8, 4) is 11.5 Å². The lowest BCUT2D eigenvalue weighted by atomic mass is 10.1. The van der Waals surface area contributed by atoms with Gasteiger partial charge in [-0.25, -0.2) is 9.97 Å². The first kappa shape index (κ1) is 23.5. The fourth-order valence-electron chi connectivity index (χ4n) is 3.27. The Bertz CT molecular complexity index is 1250. The maximum atomic E-state index is 12.0. The van der Waals surface area contributed by atoms with E-state index in [0.717, 1.165) is 5.57 Å². The lowest BCUT2D eigenvalue weighted by Gasteiger charge is -2.17. The average molecular weight is 445 g/mol. The monoisotopic (exact) mass is 444 g/mol. The molecule has 0 unspecified atom stereocenters. The molecule has 3 rings (SSSR count). The topological polar surface area (TPSA) is 99.4 Å². The normalized spacial score (nSPS) is 11.7. The molecule has 3 aromatic rings. The third-order valence-corrected chi connectivity index (χ3v) is 4.77. The molecule has 3 N–H and O–H groups in total. The first-order valence-electron chi connectivity index (χ1n) is 10.6. The van der Waals surface area contributed by atoms with Gasteiger partial charge in [-0.1, -0.05) is 43.0 Å². The number of nitrogens with zero attached hydrogens (tertiary/aromatic N) is 2. The first-order valence-corrected chi connectivity index (χ1v) is 10.6. The van der Waals surface area contributed by atoms with E-state index in [4.69, 9.17) is 25.2 Å². The van der Waals surface area contributed by atoms with Gasteiger partial charge in [0, 0.05) is 17.0 Å². The molecule has 33 heavy (non-hydrogen) atoms. The number of hydrogen-bond donors (Lipinski definition) is 2. The Kier molecular flexibility index (Phi) is 7.46. The van der Waals surface area contributed by atoms with Crippen molar-refractivity contribution in [3.63, 3.8) is 0 Å². The molecule has 0 spiro atoms. The number of para-hydroxylation sites is 1. The van der Waals surface area contributed by atoms with E-state index in [1.54, 1.807) is 31.4 Å². The summed E-state index contributed by atoms with van der Waals surface area (Å²) in [7, 11) is 1.59. The lowest BCUT2D eigenvalue weighted by molar-refractivity contribution is 0.100. The van der Waals surface area contributed by atoms with Gasteiger partial charge < -0.3 is 20.5 Å². The summed E-state index contributed by atoms with van der Waals surface area (Å²) in [6.45, 7) is 9.51. The van der Waals surface area contributed by atoms with Gasteiger partial charge in [-0.05, 0) is 39.0 Å². The van der Waals surface area contributed by atoms with Crippen LogP contribution in [0.15, 0.2) is 67.3 Å². The van der Waals surface area contributed by atoms with Crippen molar-refractivity contribution >= 4 is 33.9 Å². The van der Waals surface area contributed by atoms with Gasteiger partial charge in [-0.15, -0.1) is 0 Å². The number of hydrogen-bond acceptors (Lipinski definition) is 6. The number of carbonyl (C=O) groups excluding carboxylic acids is 1. The van der Waals surface area contributed by atoms with Crippen molar-refractivity contribution < 1.29 is 14.3 Å². The zero-order valence-electron chi connectivity index (χ0n) is 19.3. The van der Waals surface area contributed by atoms with E-state index >= 15 is 0 Å². The Morgan fingerprint density at radius 2 is 1.94 bits per heavy atom. The Morgan fingerprint density at radius 3 is 2.58 bits per heavy atom. The summed E-state index contributed by atoms with van der Waals surface area (Å²) in [5, 5.41) is 3.98. The summed E-state index contributed by atoms with van der Waals surface area (Å²) in [6.07, 6.45) is 7.24. The van der Waals surface area contributed by atoms with E-state index in [1.165, 1.54) is 0 Å². The average Bonchev–Trinajstić information content (AvgIpc) is 2.79. The van der Waals surface area contributed by atoms with Gasteiger partial charge in [-0.2, -0.15) is 0 Å². The summed E-state index contributed by atoms with van der Waals surface area (Å²) in [6, 6.07) is 10.7. The molecule has 0 bridgehead atoms. The van der Waals surface area contributed by atoms with Crippen LogP contribution in [0, 0.1) is 0 Å². The molecule has 0 radical (unpaired) electrons. The number of aromatic nitrogens is 2. The van der Waals surface area contributed by atoms with Crippen LogP contribution in [0.2, 0.25) is 0 Å².